The van der Waals surface area contributed by atoms with Crippen molar-refractivity contribution in [2.45, 2.75) is 79.3 Å². The van der Waals surface area contributed by atoms with Gasteiger partial charge in [0, 0.05) is 0 Å². The van der Waals surface area contributed by atoms with Crippen molar-refractivity contribution < 1.29 is 23.3 Å². The summed E-state index contributed by atoms with van der Waals surface area (Å²) < 4.78 is 0. The second-order valence-electron chi connectivity index (χ2n) is 11.2. The van der Waals surface area contributed by atoms with Gasteiger partial charge in [0.15, 0.2) is 0 Å². The van der Waals surface area contributed by atoms with E-state index < -0.39 is 0 Å². The molecule has 0 aromatic heterocycles. The van der Waals surface area contributed by atoms with Gasteiger partial charge in [-0.05, 0) is 10.8 Å². The van der Waals surface area contributed by atoms with Gasteiger partial charge in [0.25, 0.3) is 0 Å². The summed E-state index contributed by atoms with van der Waals surface area (Å²) in [5, 5.41) is 5.48. The van der Waals surface area contributed by atoms with E-state index in [4.69, 9.17) is 0 Å². The van der Waals surface area contributed by atoms with Gasteiger partial charge >= 0.3 is 41.9 Å². The predicted molar refractivity (Wildman–Crippen MR) is 143 cm³/mol. The van der Waals surface area contributed by atoms with Gasteiger partial charge in [0.2, 0.25) is 0 Å². The standard InChI is InChI=1S/C21H25.C7H9.C2H6Si.Zr/c1-20(2,3)16-7-9-18-14(12-16)11-15-13-17(21(4,5)6)8-10-19(15)18;1-6-3-4-7(2)5-6;1-3-2;/h7-13H,1-6H3;3-4,6H,1-2H3;1-2H3;/q2*-1;;+2. The van der Waals surface area contributed by atoms with Crippen LogP contribution in [0.5, 0.6) is 0 Å². The van der Waals surface area contributed by atoms with Crippen molar-refractivity contribution in [2.24, 2.45) is 5.92 Å². The first-order valence-electron chi connectivity index (χ1n) is 11.6. The first-order chi connectivity index (χ1) is 14.7. The summed E-state index contributed by atoms with van der Waals surface area (Å²) in [7, 11) is 0. The summed E-state index contributed by atoms with van der Waals surface area (Å²) in [5.74, 6) is 0.556. The van der Waals surface area contributed by atoms with Gasteiger partial charge in [-0.2, -0.15) is 6.08 Å². The van der Waals surface area contributed by atoms with Crippen LogP contribution in [0, 0.1) is 12.0 Å². The van der Waals surface area contributed by atoms with Crippen molar-refractivity contribution in [2.75, 3.05) is 0 Å². The third-order valence-corrected chi connectivity index (χ3v) is 5.53. The number of hydrogen-bond donors (Lipinski definition) is 0. The van der Waals surface area contributed by atoms with E-state index in [0.29, 0.717) is 5.92 Å². The molecule has 0 amide bonds. The Balaban J connectivity index is 0.000000273. The monoisotopic (exact) mass is 518 g/mol. The molecule has 1 aliphatic carbocycles. The first kappa shape index (κ1) is 27.1. The number of fused-ring (bicyclic) bond motifs is 3. The molecule has 0 spiro atoms. The normalized spacial score (nSPS) is 15.8. The Morgan fingerprint density at radius 3 is 1.50 bits per heavy atom. The Kier molecular flexibility index (Phi) is 9.22. The fourth-order valence-electron chi connectivity index (χ4n) is 3.70. The SMILES string of the molecule is CC(C)(C)c1ccc2c(c1)[cH-]c1cc(C(C)(C)C)ccc12.CC1=[C-]C(C)C=C1.C[Si](C)=[Zr+2]. The van der Waals surface area contributed by atoms with Crippen LogP contribution in [0.15, 0.2) is 60.2 Å². The molecule has 0 N–H and O–H groups in total. The van der Waals surface area contributed by atoms with E-state index in [-0.39, 0.29) is 16.3 Å². The van der Waals surface area contributed by atoms with Gasteiger partial charge in [-0.15, -0.1) is 39.7 Å². The zero-order valence-electron chi connectivity index (χ0n) is 21.8. The maximum atomic E-state index is 3.22. The molecule has 0 nitrogen and oxygen atoms in total. The Labute approximate surface area is 211 Å². The summed E-state index contributed by atoms with van der Waals surface area (Å²) in [6, 6.07) is 16.2. The van der Waals surface area contributed by atoms with E-state index in [2.05, 4.69) is 129 Å². The third-order valence-electron chi connectivity index (χ3n) is 5.53. The first-order valence-corrected chi connectivity index (χ1v) is 17.8. The van der Waals surface area contributed by atoms with Crippen molar-refractivity contribution in [3.05, 3.63) is 77.4 Å². The fraction of sp³-hybridized carbons (Fsp3) is 0.433. The van der Waals surface area contributed by atoms with Gasteiger partial charge in [-0.25, -0.2) is 11.6 Å². The van der Waals surface area contributed by atoms with Crippen molar-refractivity contribution in [1.82, 2.24) is 0 Å². The average Bonchev–Trinajstić information content (AvgIpc) is 3.21. The summed E-state index contributed by atoms with van der Waals surface area (Å²) in [5.41, 5.74) is 4.69. The summed E-state index contributed by atoms with van der Waals surface area (Å²) in [6.07, 6.45) is 7.47. The van der Waals surface area contributed by atoms with E-state index >= 15 is 0 Å². The van der Waals surface area contributed by atoms with E-state index in [1.54, 1.807) is 23.3 Å². The average molecular weight is 520 g/mol. The Morgan fingerprint density at radius 1 is 0.844 bits per heavy atom. The Bertz CT molecular complexity index is 1070. The molecule has 1 atom stereocenters. The Morgan fingerprint density at radius 2 is 1.25 bits per heavy atom. The van der Waals surface area contributed by atoms with Gasteiger partial charge in [0.1, 0.15) is 0 Å². The molecular formula is C30H40SiZr. The summed E-state index contributed by atoms with van der Waals surface area (Å²) in [6.45, 7) is 22.5. The van der Waals surface area contributed by atoms with Crippen LogP contribution in [0.1, 0.15) is 66.5 Å². The van der Waals surface area contributed by atoms with Crippen molar-refractivity contribution in [3.8, 4) is 0 Å². The van der Waals surface area contributed by atoms with Crippen molar-refractivity contribution in [1.29, 1.82) is 0 Å². The zero-order chi connectivity index (χ0) is 24.3. The maximum absolute atomic E-state index is 3.22. The molecule has 0 saturated carbocycles. The second-order valence-corrected chi connectivity index (χ2v) is 20.6. The summed E-state index contributed by atoms with van der Waals surface area (Å²) >= 11 is 1.74. The molecule has 0 radical (unpaired) electrons. The van der Waals surface area contributed by atoms with Crippen LogP contribution in [0.25, 0.3) is 21.5 Å². The van der Waals surface area contributed by atoms with E-state index in [0.717, 1.165) is 0 Å². The molecule has 2 heteroatoms. The summed E-state index contributed by atoms with van der Waals surface area (Å²) in [4.78, 5) is 0. The van der Waals surface area contributed by atoms with Gasteiger partial charge < -0.3 is 0 Å². The van der Waals surface area contributed by atoms with Crippen LogP contribution >= 0.6 is 0 Å². The van der Waals surface area contributed by atoms with E-state index in [1.165, 1.54) is 38.2 Å². The molecule has 1 aliphatic rings. The van der Waals surface area contributed by atoms with Crippen LogP contribution < -0.4 is 0 Å². The van der Waals surface area contributed by atoms with Crippen molar-refractivity contribution in [3.63, 3.8) is 0 Å². The van der Waals surface area contributed by atoms with Crippen LogP contribution in [-0.2, 0) is 34.2 Å². The predicted octanol–water partition coefficient (Wildman–Crippen LogP) is 9.03. The third kappa shape index (κ3) is 7.74. The number of benzene rings is 2. The zero-order valence-corrected chi connectivity index (χ0v) is 25.2. The Hall–Kier alpha value is -1.11. The molecule has 1 unspecified atom stereocenters. The molecule has 0 aliphatic heterocycles. The van der Waals surface area contributed by atoms with E-state index in [9.17, 15) is 0 Å². The molecule has 3 aromatic carbocycles. The molecule has 0 bridgehead atoms. The van der Waals surface area contributed by atoms with Crippen LogP contribution in [0.2, 0.25) is 13.1 Å². The second kappa shape index (κ2) is 10.9. The molecule has 4 rings (SSSR count). The number of allylic oxidation sites excluding steroid dienone is 4. The van der Waals surface area contributed by atoms with Crippen LogP contribution in [0.3, 0.4) is 0 Å². The number of hydrogen-bond acceptors (Lipinski definition) is 0. The molecule has 32 heavy (non-hydrogen) atoms. The van der Waals surface area contributed by atoms with Crippen LogP contribution in [-0.4, -0.2) is 5.43 Å². The van der Waals surface area contributed by atoms with Gasteiger partial charge in [-0.3, -0.25) is 6.08 Å². The molecule has 3 aromatic rings. The molecule has 0 heterocycles. The minimum atomic E-state index is 0.203. The molecular weight excluding hydrogens is 480 g/mol. The molecule has 0 saturated heterocycles. The van der Waals surface area contributed by atoms with E-state index in [1.807, 2.05) is 0 Å². The quantitative estimate of drug-likeness (QED) is 0.205. The number of rotatable bonds is 0. The van der Waals surface area contributed by atoms with Crippen LogP contribution in [0.4, 0.5) is 0 Å². The fourth-order valence-corrected chi connectivity index (χ4v) is 3.70. The molecule has 168 valence electrons. The van der Waals surface area contributed by atoms with Gasteiger partial charge in [0.05, 0.1) is 0 Å². The minimum absolute atomic E-state index is 0.203. The topological polar surface area (TPSA) is 0 Å². The molecule has 0 fully saturated rings. The van der Waals surface area contributed by atoms with Gasteiger partial charge in [-0.1, -0.05) is 96.7 Å². The van der Waals surface area contributed by atoms with Crippen molar-refractivity contribution >= 4 is 27.0 Å².